The first kappa shape index (κ1) is 11.5. The highest BCUT2D eigenvalue weighted by atomic mass is 79.9. The highest BCUT2D eigenvalue weighted by molar-refractivity contribution is 9.10. The van der Waals surface area contributed by atoms with E-state index in [1.54, 1.807) is 13.2 Å². The number of aryl methyl sites for hydroxylation is 1. The van der Waals surface area contributed by atoms with Crippen molar-refractivity contribution in [3.63, 3.8) is 0 Å². The van der Waals surface area contributed by atoms with Gasteiger partial charge in [-0.15, -0.1) is 11.6 Å². The van der Waals surface area contributed by atoms with Crippen molar-refractivity contribution in [1.82, 2.24) is 0 Å². The number of carbonyl (C=O) groups is 1. The fourth-order valence-corrected chi connectivity index (χ4v) is 2.00. The SMILES string of the molecule is COc1c(C)cc(Br)cc1C(=O)CCl. The summed E-state index contributed by atoms with van der Waals surface area (Å²) in [5.41, 5.74) is 1.43. The average molecular weight is 278 g/mol. The molecule has 0 saturated heterocycles. The van der Waals surface area contributed by atoms with E-state index in [1.807, 2.05) is 13.0 Å². The first-order valence-corrected chi connectivity index (χ1v) is 5.36. The van der Waals surface area contributed by atoms with Gasteiger partial charge in [-0.05, 0) is 24.6 Å². The van der Waals surface area contributed by atoms with Crippen molar-refractivity contribution in [3.05, 3.63) is 27.7 Å². The number of alkyl halides is 1. The second-order valence-corrected chi connectivity index (χ2v) is 4.04. The lowest BCUT2D eigenvalue weighted by Gasteiger charge is -2.10. The van der Waals surface area contributed by atoms with Gasteiger partial charge in [0, 0.05) is 4.47 Å². The second-order valence-electron chi connectivity index (χ2n) is 2.86. The molecule has 1 aromatic rings. The third kappa shape index (κ3) is 2.28. The maximum atomic E-state index is 11.5. The predicted octanol–water partition coefficient (Wildman–Crippen LogP) is 3.19. The van der Waals surface area contributed by atoms with E-state index < -0.39 is 0 Å². The summed E-state index contributed by atoms with van der Waals surface area (Å²) in [6, 6.07) is 3.61. The Morgan fingerprint density at radius 1 is 1.57 bits per heavy atom. The lowest BCUT2D eigenvalue weighted by atomic mass is 10.1. The van der Waals surface area contributed by atoms with Crippen molar-refractivity contribution in [2.45, 2.75) is 6.92 Å². The fraction of sp³-hybridized carbons (Fsp3) is 0.300. The van der Waals surface area contributed by atoms with Crippen molar-refractivity contribution >= 4 is 33.3 Å². The van der Waals surface area contributed by atoms with Crippen LogP contribution in [0.3, 0.4) is 0 Å². The topological polar surface area (TPSA) is 26.3 Å². The molecule has 0 radical (unpaired) electrons. The van der Waals surface area contributed by atoms with Crippen molar-refractivity contribution in [2.75, 3.05) is 13.0 Å². The largest absolute Gasteiger partial charge is 0.496 e. The van der Waals surface area contributed by atoms with Crippen LogP contribution in [0.2, 0.25) is 0 Å². The summed E-state index contributed by atoms with van der Waals surface area (Å²) in [5, 5.41) is 0. The Labute approximate surface area is 96.3 Å². The molecule has 1 aromatic carbocycles. The Kier molecular flexibility index (Phi) is 3.96. The number of benzene rings is 1. The van der Waals surface area contributed by atoms with E-state index in [4.69, 9.17) is 16.3 Å². The van der Waals surface area contributed by atoms with Gasteiger partial charge >= 0.3 is 0 Å². The van der Waals surface area contributed by atoms with Gasteiger partial charge < -0.3 is 4.74 Å². The molecule has 0 aliphatic rings. The smallest absolute Gasteiger partial charge is 0.181 e. The first-order chi connectivity index (χ1) is 6.60. The standard InChI is InChI=1S/C10H10BrClO2/c1-6-3-7(11)4-8(9(13)5-12)10(6)14-2/h3-4H,5H2,1-2H3. The summed E-state index contributed by atoms with van der Waals surface area (Å²) < 4.78 is 6.00. The molecule has 0 amide bonds. The van der Waals surface area contributed by atoms with E-state index in [-0.39, 0.29) is 11.7 Å². The molecule has 4 heteroatoms. The third-order valence-electron chi connectivity index (χ3n) is 1.87. The third-order valence-corrected chi connectivity index (χ3v) is 2.57. The molecule has 0 spiro atoms. The van der Waals surface area contributed by atoms with Crippen LogP contribution in [0.25, 0.3) is 0 Å². The zero-order valence-electron chi connectivity index (χ0n) is 7.93. The monoisotopic (exact) mass is 276 g/mol. The van der Waals surface area contributed by atoms with Crippen molar-refractivity contribution in [3.8, 4) is 5.75 Å². The number of ketones is 1. The molecule has 0 N–H and O–H groups in total. The van der Waals surface area contributed by atoms with Gasteiger partial charge in [0.1, 0.15) is 5.75 Å². The van der Waals surface area contributed by atoms with Crippen LogP contribution in [-0.4, -0.2) is 18.8 Å². The van der Waals surface area contributed by atoms with Gasteiger partial charge in [-0.25, -0.2) is 0 Å². The van der Waals surface area contributed by atoms with Crippen LogP contribution in [0.15, 0.2) is 16.6 Å². The van der Waals surface area contributed by atoms with E-state index >= 15 is 0 Å². The Bertz CT molecular complexity index is 363. The fourth-order valence-electron chi connectivity index (χ4n) is 1.28. The van der Waals surface area contributed by atoms with Crippen molar-refractivity contribution < 1.29 is 9.53 Å². The highest BCUT2D eigenvalue weighted by Gasteiger charge is 2.14. The molecule has 0 heterocycles. The maximum Gasteiger partial charge on any atom is 0.181 e. The molecule has 0 aliphatic heterocycles. The number of rotatable bonds is 3. The molecule has 0 fully saturated rings. The van der Waals surface area contributed by atoms with Crippen LogP contribution >= 0.6 is 27.5 Å². The molecular weight excluding hydrogens is 267 g/mol. The number of hydrogen-bond acceptors (Lipinski definition) is 2. The zero-order valence-corrected chi connectivity index (χ0v) is 10.3. The van der Waals surface area contributed by atoms with E-state index in [2.05, 4.69) is 15.9 Å². The maximum absolute atomic E-state index is 11.5. The summed E-state index contributed by atoms with van der Waals surface area (Å²) in [6.45, 7) is 1.88. The molecule has 0 saturated carbocycles. The van der Waals surface area contributed by atoms with Gasteiger partial charge in [0.05, 0.1) is 18.6 Å². The molecule has 14 heavy (non-hydrogen) atoms. The molecule has 0 bridgehead atoms. The molecule has 1 rings (SSSR count). The Balaban J connectivity index is 3.32. The van der Waals surface area contributed by atoms with E-state index in [1.165, 1.54) is 0 Å². The quantitative estimate of drug-likeness (QED) is 0.626. The molecule has 0 aromatic heterocycles. The Morgan fingerprint density at radius 3 is 2.71 bits per heavy atom. The minimum absolute atomic E-state index is 0.0355. The normalized spacial score (nSPS) is 10.0. The van der Waals surface area contributed by atoms with Gasteiger partial charge in [0.2, 0.25) is 0 Å². The number of carbonyl (C=O) groups excluding carboxylic acids is 1. The summed E-state index contributed by atoms with van der Waals surface area (Å²) in [6.07, 6.45) is 0. The molecule has 76 valence electrons. The van der Waals surface area contributed by atoms with Crippen molar-refractivity contribution in [1.29, 1.82) is 0 Å². The van der Waals surface area contributed by atoms with Gasteiger partial charge in [-0.2, -0.15) is 0 Å². The molecule has 2 nitrogen and oxygen atoms in total. The van der Waals surface area contributed by atoms with Crippen LogP contribution in [0.4, 0.5) is 0 Å². The molecule has 0 unspecified atom stereocenters. The number of halogens is 2. The average Bonchev–Trinajstić information content (AvgIpc) is 2.15. The van der Waals surface area contributed by atoms with E-state index in [0.717, 1.165) is 10.0 Å². The van der Waals surface area contributed by atoms with Crippen LogP contribution in [0, 0.1) is 6.92 Å². The lowest BCUT2D eigenvalue weighted by Crippen LogP contribution is -2.04. The van der Waals surface area contributed by atoms with E-state index in [9.17, 15) is 4.79 Å². The Morgan fingerprint density at radius 2 is 2.21 bits per heavy atom. The first-order valence-electron chi connectivity index (χ1n) is 4.03. The zero-order chi connectivity index (χ0) is 10.7. The van der Waals surface area contributed by atoms with Gasteiger partial charge in [0.25, 0.3) is 0 Å². The number of hydrogen-bond donors (Lipinski definition) is 0. The molecule has 0 aliphatic carbocycles. The summed E-state index contributed by atoms with van der Waals surface area (Å²) in [5.74, 6) is 0.429. The Hall–Kier alpha value is -0.540. The lowest BCUT2D eigenvalue weighted by molar-refractivity contribution is 0.101. The summed E-state index contributed by atoms with van der Waals surface area (Å²) in [7, 11) is 1.54. The van der Waals surface area contributed by atoms with Gasteiger partial charge in [0.15, 0.2) is 5.78 Å². The number of Topliss-reactive ketones (excluding diaryl/α,β-unsaturated/α-hetero) is 1. The van der Waals surface area contributed by atoms with Crippen LogP contribution in [-0.2, 0) is 0 Å². The van der Waals surface area contributed by atoms with Crippen LogP contribution in [0.5, 0.6) is 5.75 Å². The predicted molar refractivity (Wildman–Crippen MR) is 60.5 cm³/mol. The summed E-state index contributed by atoms with van der Waals surface area (Å²) >= 11 is 8.82. The van der Waals surface area contributed by atoms with Crippen LogP contribution in [0.1, 0.15) is 15.9 Å². The summed E-state index contributed by atoms with van der Waals surface area (Å²) in [4.78, 5) is 11.5. The van der Waals surface area contributed by atoms with Gasteiger partial charge in [-0.1, -0.05) is 15.9 Å². The van der Waals surface area contributed by atoms with E-state index in [0.29, 0.717) is 11.3 Å². The number of ether oxygens (including phenoxy) is 1. The van der Waals surface area contributed by atoms with Crippen LogP contribution < -0.4 is 4.74 Å². The second kappa shape index (κ2) is 4.80. The molecular formula is C10H10BrClO2. The minimum Gasteiger partial charge on any atom is -0.496 e. The van der Waals surface area contributed by atoms with Crippen molar-refractivity contribution in [2.24, 2.45) is 0 Å². The molecule has 0 atom stereocenters. The highest BCUT2D eigenvalue weighted by Crippen LogP contribution is 2.28. The van der Waals surface area contributed by atoms with Gasteiger partial charge in [-0.3, -0.25) is 4.79 Å². The minimum atomic E-state index is -0.132. The number of methoxy groups -OCH3 is 1.